The number of halogens is 1. The van der Waals surface area contributed by atoms with Crippen molar-refractivity contribution in [3.8, 4) is 0 Å². The molecule has 7 nitrogen and oxygen atoms in total. The molecule has 0 spiro atoms. The van der Waals surface area contributed by atoms with E-state index in [1.54, 1.807) is 26.0 Å². The summed E-state index contributed by atoms with van der Waals surface area (Å²) in [6.07, 6.45) is 0.939. The van der Waals surface area contributed by atoms with Crippen LogP contribution in [-0.2, 0) is 19.1 Å². The van der Waals surface area contributed by atoms with Gasteiger partial charge in [-0.1, -0.05) is 21.2 Å². The lowest BCUT2D eigenvalue weighted by Crippen LogP contribution is -2.09. The number of benzene rings is 1. The smallest absolute Gasteiger partial charge is 0.359 e. The van der Waals surface area contributed by atoms with Gasteiger partial charge in [0.25, 0.3) is 0 Å². The predicted octanol–water partition coefficient (Wildman–Crippen LogP) is 3.24. The Morgan fingerprint density at radius 2 is 1.82 bits per heavy atom. The standard InChI is InChI=1S/C14H16BrN3O4/c1-3-21-13(19)9-12(14(20)22-4-2)17-18-16-11-7-5-10(15)6-8-11/h5-9H,3-4H2,1-2H3,(H,16,17)/b12-9-. The molecule has 0 atom stereocenters. The maximum absolute atomic E-state index is 11.7. The highest BCUT2D eigenvalue weighted by Gasteiger charge is 2.13. The zero-order chi connectivity index (χ0) is 16.4. The maximum atomic E-state index is 11.7. The van der Waals surface area contributed by atoms with E-state index in [0.717, 1.165) is 10.5 Å². The molecule has 8 heteroatoms. The number of hydrogen-bond acceptors (Lipinski definition) is 6. The van der Waals surface area contributed by atoms with Gasteiger partial charge in [0.1, 0.15) is 0 Å². The average Bonchev–Trinajstić information content (AvgIpc) is 2.48. The first-order chi connectivity index (χ1) is 10.6. The number of carbonyl (C=O) groups excluding carboxylic acids is 2. The third-order valence-electron chi connectivity index (χ3n) is 2.21. The molecular weight excluding hydrogens is 354 g/mol. The normalized spacial score (nSPS) is 11.3. The molecule has 0 aliphatic heterocycles. The Kier molecular flexibility index (Phi) is 7.84. The van der Waals surface area contributed by atoms with Gasteiger partial charge in [0, 0.05) is 4.47 Å². The van der Waals surface area contributed by atoms with Gasteiger partial charge in [-0.25, -0.2) is 9.59 Å². The summed E-state index contributed by atoms with van der Waals surface area (Å²) in [5.74, 6) is -1.44. The molecule has 1 rings (SSSR count). The quantitative estimate of drug-likeness (QED) is 0.345. The van der Waals surface area contributed by atoms with Gasteiger partial charge in [-0.15, -0.1) is 5.11 Å². The van der Waals surface area contributed by atoms with E-state index in [0.29, 0.717) is 5.69 Å². The summed E-state index contributed by atoms with van der Waals surface area (Å²) in [5, 5.41) is 7.34. The van der Waals surface area contributed by atoms with Gasteiger partial charge in [0.2, 0.25) is 0 Å². The highest BCUT2D eigenvalue weighted by atomic mass is 79.9. The third kappa shape index (κ3) is 6.49. The van der Waals surface area contributed by atoms with Crippen LogP contribution in [0, 0.1) is 0 Å². The van der Waals surface area contributed by atoms with Crippen molar-refractivity contribution in [1.82, 2.24) is 0 Å². The Morgan fingerprint density at radius 1 is 1.18 bits per heavy atom. The van der Waals surface area contributed by atoms with Gasteiger partial charge >= 0.3 is 11.9 Å². The predicted molar refractivity (Wildman–Crippen MR) is 84.0 cm³/mol. The first-order valence-corrected chi connectivity index (χ1v) is 7.34. The van der Waals surface area contributed by atoms with Crippen molar-refractivity contribution in [2.24, 2.45) is 10.3 Å². The van der Waals surface area contributed by atoms with Crippen LogP contribution in [0.5, 0.6) is 0 Å². The van der Waals surface area contributed by atoms with E-state index in [1.807, 2.05) is 12.1 Å². The largest absolute Gasteiger partial charge is 0.463 e. The van der Waals surface area contributed by atoms with Gasteiger partial charge in [0.05, 0.1) is 25.0 Å². The molecule has 0 saturated carbocycles. The van der Waals surface area contributed by atoms with Crippen molar-refractivity contribution >= 4 is 33.6 Å². The van der Waals surface area contributed by atoms with Crippen molar-refractivity contribution in [3.63, 3.8) is 0 Å². The van der Waals surface area contributed by atoms with Gasteiger partial charge in [-0.3, -0.25) is 5.43 Å². The van der Waals surface area contributed by atoms with Crippen molar-refractivity contribution in [2.75, 3.05) is 18.6 Å². The molecule has 118 valence electrons. The second-order valence-corrected chi connectivity index (χ2v) is 4.74. The molecule has 1 aromatic rings. The van der Waals surface area contributed by atoms with Crippen LogP contribution in [0.4, 0.5) is 5.69 Å². The molecule has 0 fully saturated rings. The zero-order valence-electron chi connectivity index (χ0n) is 12.2. The van der Waals surface area contributed by atoms with Crippen LogP contribution < -0.4 is 5.43 Å². The van der Waals surface area contributed by atoms with Crippen LogP contribution in [0.1, 0.15) is 13.8 Å². The lowest BCUT2D eigenvalue weighted by Gasteiger charge is -2.02. The fourth-order valence-corrected chi connectivity index (χ4v) is 1.55. The van der Waals surface area contributed by atoms with Crippen molar-refractivity contribution in [2.45, 2.75) is 13.8 Å². The number of hydrogen-bond donors (Lipinski definition) is 1. The Hall–Kier alpha value is -2.22. The topological polar surface area (TPSA) is 89.4 Å². The number of ether oxygens (including phenoxy) is 2. The van der Waals surface area contributed by atoms with E-state index in [-0.39, 0.29) is 18.9 Å². The van der Waals surface area contributed by atoms with Crippen molar-refractivity contribution in [1.29, 1.82) is 0 Å². The molecule has 0 bridgehead atoms. The molecule has 0 aromatic heterocycles. The molecule has 0 radical (unpaired) electrons. The number of rotatable bonds is 7. The second kappa shape index (κ2) is 9.67. The van der Waals surface area contributed by atoms with Crippen LogP contribution in [0.15, 0.2) is 50.8 Å². The van der Waals surface area contributed by atoms with Gasteiger partial charge in [0.15, 0.2) is 5.70 Å². The maximum Gasteiger partial charge on any atom is 0.359 e. The molecule has 1 N–H and O–H groups in total. The minimum Gasteiger partial charge on any atom is -0.463 e. The molecule has 0 aliphatic carbocycles. The monoisotopic (exact) mass is 369 g/mol. The van der Waals surface area contributed by atoms with E-state index in [1.165, 1.54) is 0 Å². The SMILES string of the molecule is CCOC(=O)/C=C(\N=NNc1ccc(Br)cc1)C(=O)OCC. The second-order valence-electron chi connectivity index (χ2n) is 3.82. The first-order valence-electron chi connectivity index (χ1n) is 6.54. The Labute approximate surface area is 136 Å². The summed E-state index contributed by atoms with van der Waals surface area (Å²) in [6.45, 7) is 3.66. The van der Waals surface area contributed by atoms with E-state index in [9.17, 15) is 9.59 Å². The van der Waals surface area contributed by atoms with Gasteiger partial charge in [-0.2, -0.15) is 0 Å². The number of anilines is 1. The lowest BCUT2D eigenvalue weighted by atomic mass is 10.3. The van der Waals surface area contributed by atoms with E-state index in [2.05, 4.69) is 31.7 Å². The lowest BCUT2D eigenvalue weighted by molar-refractivity contribution is -0.141. The Morgan fingerprint density at radius 3 is 2.41 bits per heavy atom. The summed E-state index contributed by atoms with van der Waals surface area (Å²) in [6, 6.07) is 7.17. The highest BCUT2D eigenvalue weighted by Crippen LogP contribution is 2.14. The Balaban J connectivity index is 2.78. The number of nitrogens with zero attached hydrogens (tertiary/aromatic N) is 2. The summed E-state index contributed by atoms with van der Waals surface area (Å²) in [5.41, 5.74) is 3.07. The van der Waals surface area contributed by atoms with Crippen LogP contribution in [0.3, 0.4) is 0 Å². The fourth-order valence-electron chi connectivity index (χ4n) is 1.29. The fraction of sp³-hybridized carbons (Fsp3) is 0.286. The minimum absolute atomic E-state index is 0.161. The summed E-state index contributed by atoms with van der Waals surface area (Å²) in [4.78, 5) is 23.1. The molecule has 0 aliphatic rings. The van der Waals surface area contributed by atoms with E-state index >= 15 is 0 Å². The average molecular weight is 370 g/mol. The first kappa shape index (κ1) is 17.8. The Bertz CT molecular complexity index is 570. The van der Waals surface area contributed by atoms with E-state index in [4.69, 9.17) is 9.47 Å². The number of nitrogens with one attached hydrogen (secondary N) is 1. The van der Waals surface area contributed by atoms with Crippen LogP contribution in [0.2, 0.25) is 0 Å². The van der Waals surface area contributed by atoms with Crippen LogP contribution in [-0.4, -0.2) is 25.2 Å². The van der Waals surface area contributed by atoms with E-state index < -0.39 is 11.9 Å². The minimum atomic E-state index is -0.753. The molecule has 0 amide bonds. The van der Waals surface area contributed by atoms with Crippen molar-refractivity contribution in [3.05, 3.63) is 40.5 Å². The molecule has 0 saturated heterocycles. The zero-order valence-corrected chi connectivity index (χ0v) is 13.8. The van der Waals surface area contributed by atoms with Crippen molar-refractivity contribution < 1.29 is 19.1 Å². The number of carbonyl (C=O) groups is 2. The summed E-state index contributed by atoms with van der Waals surface area (Å²) >= 11 is 3.31. The highest BCUT2D eigenvalue weighted by molar-refractivity contribution is 9.10. The molecule has 1 aromatic carbocycles. The number of esters is 2. The van der Waals surface area contributed by atoms with Gasteiger partial charge < -0.3 is 9.47 Å². The molecular formula is C14H16BrN3O4. The van der Waals surface area contributed by atoms with Gasteiger partial charge in [-0.05, 0) is 38.1 Å². The van der Waals surface area contributed by atoms with Crippen LogP contribution >= 0.6 is 15.9 Å². The summed E-state index contributed by atoms with van der Waals surface area (Å²) < 4.78 is 10.4. The third-order valence-corrected chi connectivity index (χ3v) is 2.74. The molecule has 0 unspecified atom stereocenters. The molecule has 0 heterocycles. The molecule has 22 heavy (non-hydrogen) atoms. The van der Waals surface area contributed by atoms with Crippen LogP contribution in [0.25, 0.3) is 0 Å². The summed E-state index contributed by atoms with van der Waals surface area (Å²) in [7, 11) is 0.